The molecule has 1 aliphatic heterocycles. The number of alkyl carbamates (subject to hydrolysis) is 2. The third kappa shape index (κ3) is 26.4. The second kappa shape index (κ2) is 44.4. The highest BCUT2D eigenvalue weighted by atomic mass is 35.5. The molecule has 6 aromatic carbocycles. The van der Waals surface area contributed by atoms with Gasteiger partial charge in [0.05, 0.1) is 56.0 Å². The van der Waals surface area contributed by atoms with Crippen molar-refractivity contribution in [3.8, 4) is 74.2 Å². The van der Waals surface area contributed by atoms with Crippen LogP contribution < -0.4 is 66.6 Å². The number of piperazine rings is 1. The van der Waals surface area contributed by atoms with E-state index in [1.807, 2.05) is 105 Å². The Balaban J connectivity index is 0.803. The fraction of sp³-hybridized carbons (Fsp3) is 0.389. The van der Waals surface area contributed by atoms with Crippen LogP contribution in [0.4, 0.5) is 24.5 Å². The lowest BCUT2D eigenvalue weighted by Crippen LogP contribution is -2.57. The fourth-order valence-electron chi connectivity index (χ4n) is 13.9. The summed E-state index contributed by atoms with van der Waals surface area (Å²) in [4.78, 5) is 117. The summed E-state index contributed by atoms with van der Waals surface area (Å²) in [5.41, 5.74) is 12.5. The molecule has 0 unspecified atom stereocenters. The van der Waals surface area contributed by atoms with Gasteiger partial charge in [0.2, 0.25) is 29.7 Å². The zero-order chi connectivity index (χ0) is 87.5. The van der Waals surface area contributed by atoms with Crippen LogP contribution in [0.15, 0.2) is 146 Å². The summed E-state index contributed by atoms with van der Waals surface area (Å²) in [5, 5.41) is 20.4. The van der Waals surface area contributed by atoms with Gasteiger partial charge in [-0.15, -0.1) is 17.8 Å². The Morgan fingerprint density at radius 2 is 1.45 bits per heavy atom. The number of fused-ring (bicyclic) bond motifs is 1. The van der Waals surface area contributed by atoms with Gasteiger partial charge in [-0.3, -0.25) is 19.3 Å². The third-order valence-corrected chi connectivity index (χ3v) is 22.0. The number of para-hydroxylation sites is 2. The van der Waals surface area contributed by atoms with Gasteiger partial charge in [-0.2, -0.15) is 0 Å². The molecular weight excluding hydrogens is 1600 g/mol. The molecule has 9 N–H and O–H groups in total. The van der Waals surface area contributed by atoms with E-state index < -0.39 is 83.5 Å². The highest BCUT2D eigenvalue weighted by molar-refractivity contribution is 7.22. The van der Waals surface area contributed by atoms with Crippen LogP contribution >= 0.6 is 22.9 Å². The molecule has 32 heteroatoms. The van der Waals surface area contributed by atoms with Crippen molar-refractivity contribution in [3.63, 3.8) is 0 Å². The van der Waals surface area contributed by atoms with Gasteiger partial charge in [0.1, 0.15) is 90.1 Å². The monoisotopic (exact) mass is 1710 g/mol. The first-order valence-corrected chi connectivity index (χ1v) is 41.5. The van der Waals surface area contributed by atoms with Gasteiger partial charge in [0.15, 0.2) is 12.4 Å². The number of thiophene rings is 1. The number of urea groups is 1. The number of quaternary nitrogens is 1. The number of methoxy groups -OCH3 is 2. The van der Waals surface area contributed by atoms with Gasteiger partial charge in [-0.1, -0.05) is 98.1 Å². The number of primary amides is 1. The van der Waals surface area contributed by atoms with Crippen LogP contribution in [-0.4, -0.2) is 188 Å². The number of ether oxygens (including phenoxy) is 8. The van der Waals surface area contributed by atoms with E-state index in [0.717, 1.165) is 47.4 Å². The number of carbonyl (C=O) groups excluding carboxylic acids is 7. The number of carbonyl (C=O) groups is 7. The number of nitrogens with one attached hydrogen (secondary N) is 7. The summed E-state index contributed by atoms with van der Waals surface area (Å²) in [5.74, 6) is 1.43. The number of hydrogen-bond acceptors (Lipinski definition) is 22. The number of terminal acetylenes is 1. The second-order valence-electron chi connectivity index (χ2n) is 31.0. The van der Waals surface area contributed by atoms with E-state index >= 15 is 0 Å². The van der Waals surface area contributed by atoms with Crippen molar-refractivity contribution in [3.05, 3.63) is 190 Å². The number of unbranched alkanes of at least 4 members (excludes halogenated alkanes) is 1. The maximum Gasteiger partial charge on any atom is 0.408 e. The molecule has 1 aliphatic rings. The van der Waals surface area contributed by atoms with E-state index in [-0.39, 0.29) is 64.5 Å². The topological polar surface area (TPSA) is 358 Å². The van der Waals surface area contributed by atoms with Crippen molar-refractivity contribution in [2.75, 3.05) is 92.7 Å². The van der Waals surface area contributed by atoms with Crippen molar-refractivity contribution in [2.24, 2.45) is 11.7 Å². The van der Waals surface area contributed by atoms with E-state index in [1.165, 1.54) is 29.8 Å². The summed E-state index contributed by atoms with van der Waals surface area (Å²) in [7, 11) is 7.23. The molecule has 122 heavy (non-hydrogen) atoms. The SMILES string of the molecule is C#CCOC(=O)N[C@@H](CCCCNC(=O)OC(C)(C)C)C(=O)N[C@H](C(=O)N[C@@H](CCCNC(N)=O)C(=O)Nc1ccc(C[N+]2(C)CCN(CCOc3ccc(-c4c(-c5ccc(F)cc5)sc5ncnc(O[C@H](Cc6ccccc6OCc6ccnc(-c7ccccc7OC)n6)C(=O)OCc6ccc(OC)cc6)c45)c(C)c3Cl)CC2)c(CNC)c1)C(C)C. The molecule has 1 saturated heterocycles. The molecule has 0 radical (unpaired) electrons. The van der Waals surface area contributed by atoms with E-state index in [2.05, 4.69) is 60.1 Å². The highest BCUT2D eigenvalue weighted by Crippen LogP contribution is 2.50. The van der Waals surface area contributed by atoms with E-state index in [9.17, 15) is 38.0 Å². The molecule has 0 bridgehead atoms. The first-order chi connectivity index (χ1) is 58.6. The Morgan fingerprint density at radius 1 is 0.730 bits per heavy atom. The summed E-state index contributed by atoms with van der Waals surface area (Å²) >= 11 is 8.75. The van der Waals surface area contributed by atoms with Crippen molar-refractivity contribution >= 4 is 80.8 Å². The molecular formula is C90H107ClFN14O15S+. The molecule has 646 valence electrons. The smallest absolute Gasteiger partial charge is 0.408 e. The van der Waals surface area contributed by atoms with Crippen LogP contribution in [0.2, 0.25) is 5.02 Å². The van der Waals surface area contributed by atoms with E-state index in [0.29, 0.717) is 133 Å². The minimum absolute atomic E-state index is 0.0235. The van der Waals surface area contributed by atoms with Crippen LogP contribution in [0.3, 0.4) is 0 Å². The molecule has 4 atom stereocenters. The lowest BCUT2D eigenvalue weighted by Gasteiger charge is -2.42. The van der Waals surface area contributed by atoms with Crippen molar-refractivity contribution in [1.29, 1.82) is 0 Å². The van der Waals surface area contributed by atoms with Gasteiger partial charge in [0, 0.05) is 73.6 Å². The minimum atomic E-state index is -1.30. The Morgan fingerprint density at radius 3 is 2.16 bits per heavy atom. The Kier molecular flexibility index (Phi) is 33.5. The number of benzene rings is 6. The quantitative estimate of drug-likeness (QED) is 0.00580. The average molecular weight is 1710 g/mol. The first-order valence-electron chi connectivity index (χ1n) is 40.3. The van der Waals surface area contributed by atoms with E-state index in [4.69, 9.17) is 76.6 Å². The van der Waals surface area contributed by atoms with Gasteiger partial charge in [-0.25, -0.2) is 43.5 Å². The summed E-state index contributed by atoms with van der Waals surface area (Å²) in [6, 6.07) is 35.2. The standard InChI is InChI=1S/C90H106ClFN14O15S/c1-12-47-117-89(113)103-70(22-17-18-39-97-88(112)121-90(5,6)7)82(108)104-78(56(2)3)83(109)102-69(23-19-40-96-87(93)111)81(107)101-64-33-30-61(62(49-64)51-94-8)52-106(9)45-42-105(43-46-106)44-48-116-73-37-36-67(57(4)77(73)91)75-76-84(98-55-99-85(76)122-79(75)59-28-31-63(92)32-29-59)120-74(86(110)119-53-58-26-34-66(114-10)35-27-58)50-60-20-13-15-24-71(60)118-54-65-38-41-95-80(100-65)68-21-14-16-25-72(68)115-11/h1,13-16,20-21,24-38,41,49,55-56,69-70,74,78,94H,17-19,22-23,39-40,42-48,50-54H2,2-11H3,(H7-,93,96,97,101,102,103,104,107,108,109,111,112,113)/p+1/t69-,70-,74+,78-/m0/s1. The van der Waals surface area contributed by atoms with E-state index in [1.54, 1.807) is 85.4 Å². The van der Waals surface area contributed by atoms with Crippen molar-refractivity contribution in [1.82, 2.24) is 56.7 Å². The predicted octanol–water partition coefficient (Wildman–Crippen LogP) is 12.4. The van der Waals surface area contributed by atoms with Crippen LogP contribution in [0.1, 0.15) is 100 Å². The number of anilines is 1. The maximum absolute atomic E-state index is 14.8. The van der Waals surface area contributed by atoms with Gasteiger partial charge in [0.25, 0.3) is 0 Å². The molecule has 29 nitrogen and oxygen atoms in total. The maximum atomic E-state index is 14.8. The largest absolute Gasteiger partial charge is 0.497 e. The highest BCUT2D eigenvalue weighted by Gasteiger charge is 2.35. The van der Waals surface area contributed by atoms with Gasteiger partial charge < -0.3 is 85.3 Å². The number of nitrogens with zero attached hydrogens (tertiary/aromatic N) is 6. The normalized spacial score (nSPS) is 13.5. The molecule has 0 spiro atoms. The molecule has 9 aromatic rings. The average Bonchev–Trinajstić information content (AvgIpc) is 1.58. The second-order valence-corrected chi connectivity index (χ2v) is 32.4. The summed E-state index contributed by atoms with van der Waals surface area (Å²) in [6.07, 6.45) is 6.64. The number of rotatable bonds is 41. The summed E-state index contributed by atoms with van der Waals surface area (Å²) in [6.45, 7) is 15.8. The Labute approximate surface area is 719 Å². The number of amides is 7. The lowest BCUT2D eigenvalue weighted by molar-refractivity contribution is -0.926. The zero-order valence-electron chi connectivity index (χ0n) is 70.3. The molecule has 4 heterocycles. The Bertz CT molecular complexity index is 5140. The molecule has 10 rings (SSSR count). The number of nitrogens with two attached hydrogens (primary N) is 1. The van der Waals surface area contributed by atoms with Crippen LogP contribution in [0, 0.1) is 31.0 Å². The number of halogens is 2. The number of hydrogen-bond donors (Lipinski definition) is 8. The summed E-state index contributed by atoms with van der Waals surface area (Å²) < 4.78 is 62.8. The molecule has 0 aliphatic carbocycles. The number of esters is 1. The van der Waals surface area contributed by atoms with Crippen LogP contribution in [-0.2, 0) is 66.1 Å². The molecule has 0 saturated carbocycles. The van der Waals surface area contributed by atoms with Gasteiger partial charge >= 0.3 is 24.2 Å². The molecule has 7 amide bonds. The van der Waals surface area contributed by atoms with Gasteiger partial charge in [-0.05, 0) is 173 Å². The number of aromatic nitrogens is 4. The van der Waals surface area contributed by atoms with Crippen molar-refractivity contribution < 1.29 is 80.3 Å². The first kappa shape index (κ1) is 92.1. The lowest BCUT2D eigenvalue weighted by atomic mass is 9.96. The molecule has 3 aromatic heterocycles. The zero-order valence-corrected chi connectivity index (χ0v) is 71.9. The number of likely N-dealkylation sites (N-methyl/N-ethyl adjacent to an activating group) is 1. The van der Waals surface area contributed by atoms with Crippen molar-refractivity contribution in [2.45, 2.75) is 136 Å². The van der Waals surface area contributed by atoms with Crippen LogP contribution in [0.25, 0.3) is 43.2 Å². The van der Waals surface area contributed by atoms with Crippen LogP contribution in [0.5, 0.6) is 28.9 Å². The Hall–Kier alpha value is -12.2. The fourth-order valence-corrected chi connectivity index (χ4v) is 15.2. The molecule has 1 fully saturated rings. The third-order valence-electron chi connectivity index (χ3n) is 20.4. The predicted molar refractivity (Wildman–Crippen MR) is 464 cm³/mol. The minimum Gasteiger partial charge on any atom is -0.497 e.